The van der Waals surface area contributed by atoms with Crippen molar-refractivity contribution < 1.29 is 4.39 Å². The van der Waals surface area contributed by atoms with Crippen LogP contribution >= 0.6 is 0 Å². The van der Waals surface area contributed by atoms with Gasteiger partial charge in [0, 0.05) is 18.7 Å². The Hall–Kier alpha value is -2.17. The number of para-hydroxylation sites is 1. The number of aromatic nitrogens is 2. The lowest BCUT2D eigenvalue weighted by molar-refractivity contribution is 0.625. The van der Waals surface area contributed by atoms with Crippen LogP contribution in [0.5, 0.6) is 0 Å². The van der Waals surface area contributed by atoms with E-state index in [1.807, 2.05) is 31.7 Å². The van der Waals surface area contributed by atoms with Crippen LogP contribution in [0.4, 0.5) is 21.7 Å². The van der Waals surface area contributed by atoms with E-state index in [1.165, 1.54) is 12.4 Å². The van der Waals surface area contributed by atoms with Crippen LogP contribution in [0.15, 0.2) is 30.6 Å². The number of halogens is 1. The molecule has 0 bridgehead atoms. The Morgan fingerprint density at radius 2 is 1.95 bits per heavy atom. The summed E-state index contributed by atoms with van der Waals surface area (Å²) < 4.78 is 14.0. The molecule has 5 heteroatoms. The van der Waals surface area contributed by atoms with Gasteiger partial charge >= 0.3 is 0 Å². The predicted molar refractivity (Wildman–Crippen MR) is 80.0 cm³/mol. The fraction of sp³-hybridized carbons (Fsp3) is 0.333. The molecule has 1 heterocycles. The highest BCUT2D eigenvalue weighted by atomic mass is 19.1. The molecular formula is C15H19FN4. The lowest BCUT2D eigenvalue weighted by atomic mass is 10.2. The second-order valence-electron chi connectivity index (χ2n) is 4.40. The molecule has 2 rings (SSSR count). The fourth-order valence-corrected chi connectivity index (χ4v) is 2.16. The van der Waals surface area contributed by atoms with Crippen LogP contribution in [-0.4, -0.2) is 23.1 Å². The molecule has 1 N–H and O–H groups in total. The maximum absolute atomic E-state index is 14.0. The number of benzene rings is 1. The van der Waals surface area contributed by atoms with Gasteiger partial charge in [-0.05, 0) is 32.9 Å². The van der Waals surface area contributed by atoms with Gasteiger partial charge in [-0.25, -0.2) is 14.4 Å². The SMILES string of the molecule is CCNc1ncnc(N(CC)c2ccccc2F)c1C. The third-order valence-corrected chi connectivity index (χ3v) is 3.12. The van der Waals surface area contributed by atoms with Gasteiger partial charge in [0.15, 0.2) is 0 Å². The van der Waals surface area contributed by atoms with Crippen LogP contribution in [-0.2, 0) is 0 Å². The molecule has 0 unspecified atom stereocenters. The molecule has 0 fully saturated rings. The van der Waals surface area contributed by atoms with Gasteiger partial charge in [-0.15, -0.1) is 0 Å². The molecule has 0 saturated carbocycles. The van der Waals surface area contributed by atoms with Crippen LogP contribution < -0.4 is 10.2 Å². The number of nitrogens with one attached hydrogen (secondary N) is 1. The van der Waals surface area contributed by atoms with Crippen molar-refractivity contribution in [2.24, 2.45) is 0 Å². The standard InChI is InChI=1S/C15H19FN4/c1-4-17-14-11(3)15(19-10-18-14)20(5-2)13-9-7-6-8-12(13)16/h6-10H,4-5H2,1-3H3,(H,17,18,19). The second kappa shape index (κ2) is 6.32. The number of hydrogen-bond donors (Lipinski definition) is 1. The van der Waals surface area contributed by atoms with Crippen molar-refractivity contribution in [2.75, 3.05) is 23.3 Å². The minimum Gasteiger partial charge on any atom is -0.370 e. The van der Waals surface area contributed by atoms with Crippen LogP contribution in [0, 0.1) is 12.7 Å². The number of rotatable bonds is 5. The summed E-state index contributed by atoms with van der Waals surface area (Å²) in [5, 5.41) is 3.19. The molecule has 1 aromatic carbocycles. The Morgan fingerprint density at radius 3 is 2.60 bits per heavy atom. The van der Waals surface area contributed by atoms with Gasteiger partial charge in [-0.3, -0.25) is 0 Å². The summed E-state index contributed by atoms with van der Waals surface area (Å²) in [7, 11) is 0. The molecule has 0 atom stereocenters. The summed E-state index contributed by atoms with van der Waals surface area (Å²) in [4.78, 5) is 10.4. The van der Waals surface area contributed by atoms with Gasteiger partial charge in [-0.1, -0.05) is 12.1 Å². The largest absolute Gasteiger partial charge is 0.370 e. The van der Waals surface area contributed by atoms with E-state index in [0.717, 1.165) is 23.7 Å². The second-order valence-corrected chi connectivity index (χ2v) is 4.40. The number of hydrogen-bond acceptors (Lipinski definition) is 4. The molecule has 0 saturated heterocycles. The highest BCUT2D eigenvalue weighted by molar-refractivity contribution is 5.67. The Labute approximate surface area is 118 Å². The molecule has 0 radical (unpaired) electrons. The van der Waals surface area contributed by atoms with E-state index >= 15 is 0 Å². The Bertz CT molecular complexity index is 586. The summed E-state index contributed by atoms with van der Waals surface area (Å²) in [5.74, 6) is 1.26. The summed E-state index contributed by atoms with van der Waals surface area (Å²) >= 11 is 0. The maximum atomic E-state index is 14.0. The van der Waals surface area contributed by atoms with Crippen molar-refractivity contribution in [1.82, 2.24) is 9.97 Å². The van der Waals surface area contributed by atoms with Gasteiger partial charge in [0.05, 0.1) is 5.69 Å². The zero-order valence-electron chi connectivity index (χ0n) is 12.0. The first kappa shape index (κ1) is 14.2. The van der Waals surface area contributed by atoms with E-state index in [0.29, 0.717) is 12.2 Å². The average molecular weight is 274 g/mol. The third-order valence-electron chi connectivity index (χ3n) is 3.12. The van der Waals surface area contributed by atoms with E-state index in [2.05, 4.69) is 15.3 Å². The summed E-state index contributed by atoms with van der Waals surface area (Å²) in [5.41, 5.74) is 1.44. The number of anilines is 3. The number of nitrogens with zero attached hydrogens (tertiary/aromatic N) is 3. The lowest BCUT2D eigenvalue weighted by Gasteiger charge is -2.24. The minimum absolute atomic E-state index is 0.252. The molecule has 2 aromatic rings. The smallest absolute Gasteiger partial charge is 0.146 e. The van der Waals surface area contributed by atoms with Gasteiger partial charge in [0.2, 0.25) is 0 Å². The molecule has 0 amide bonds. The van der Waals surface area contributed by atoms with Gasteiger partial charge in [0.25, 0.3) is 0 Å². The molecule has 0 aliphatic carbocycles. The molecular weight excluding hydrogens is 255 g/mol. The van der Waals surface area contributed by atoms with E-state index in [-0.39, 0.29) is 5.82 Å². The molecule has 4 nitrogen and oxygen atoms in total. The van der Waals surface area contributed by atoms with Crippen LogP contribution in [0.2, 0.25) is 0 Å². The van der Waals surface area contributed by atoms with Crippen molar-refractivity contribution in [3.05, 3.63) is 42.0 Å². The van der Waals surface area contributed by atoms with Crippen molar-refractivity contribution >= 4 is 17.3 Å². The monoisotopic (exact) mass is 274 g/mol. The van der Waals surface area contributed by atoms with Crippen molar-refractivity contribution in [3.63, 3.8) is 0 Å². The zero-order chi connectivity index (χ0) is 14.5. The topological polar surface area (TPSA) is 41.1 Å². The summed E-state index contributed by atoms with van der Waals surface area (Å²) in [6.07, 6.45) is 1.50. The van der Waals surface area contributed by atoms with E-state index in [4.69, 9.17) is 0 Å². The van der Waals surface area contributed by atoms with Crippen molar-refractivity contribution in [1.29, 1.82) is 0 Å². The predicted octanol–water partition coefficient (Wildman–Crippen LogP) is 3.51. The Morgan fingerprint density at radius 1 is 1.20 bits per heavy atom. The van der Waals surface area contributed by atoms with Crippen LogP contribution in [0.1, 0.15) is 19.4 Å². The van der Waals surface area contributed by atoms with Gasteiger partial charge < -0.3 is 10.2 Å². The third kappa shape index (κ3) is 2.71. The molecule has 20 heavy (non-hydrogen) atoms. The first-order valence-corrected chi connectivity index (χ1v) is 6.76. The minimum atomic E-state index is -0.252. The van der Waals surface area contributed by atoms with Gasteiger partial charge in [0.1, 0.15) is 23.8 Å². The van der Waals surface area contributed by atoms with E-state index in [1.54, 1.807) is 12.1 Å². The molecule has 0 aliphatic heterocycles. The maximum Gasteiger partial charge on any atom is 0.146 e. The van der Waals surface area contributed by atoms with Gasteiger partial charge in [-0.2, -0.15) is 0 Å². The van der Waals surface area contributed by atoms with E-state index in [9.17, 15) is 4.39 Å². The average Bonchev–Trinajstić information content (AvgIpc) is 2.45. The van der Waals surface area contributed by atoms with Crippen molar-refractivity contribution in [2.45, 2.75) is 20.8 Å². The summed E-state index contributed by atoms with van der Waals surface area (Å²) in [6.45, 7) is 7.33. The first-order chi connectivity index (χ1) is 9.69. The molecule has 106 valence electrons. The molecule has 1 aromatic heterocycles. The van der Waals surface area contributed by atoms with E-state index < -0.39 is 0 Å². The Balaban J connectivity index is 2.48. The van der Waals surface area contributed by atoms with Crippen LogP contribution in [0.3, 0.4) is 0 Å². The summed E-state index contributed by atoms with van der Waals surface area (Å²) in [6, 6.07) is 6.72. The highest BCUT2D eigenvalue weighted by Gasteiger charge is 2.16. The van der Waals surface area contributed by atoms with Crippen molar-refractivity contribution in [3.8, 4) is 0 Å². The highest BCUT2D eigenvalue weighted by Crippen LogP contribution is 2.30. The van der Waals surface area contributed by atoms with Crippen LogP contribution in [0.25, 0.3) is 0 Å². The molecule has 0 aliphatic rings. The first-order valence-electron chi connectivity index (χ1n) is 6.76. The molecule has 0 spiro atoms. The zero-order valence-corrected chi connectivity index (χ0v) is 12.0. The Kier molecular flexibility index (Phi) is 4.50. The fourth-order valence-electron chi connectivity index (χ4n) is 2.16. The normalized spacial score (nSPS) is 10.4. The lowest BCUT2D eigenvalue weighted by Crippen LogP contribution is -2.20. The quantitative estimate of drug-likeness (QED) is 0.905.